The smallest absolute Gasteiger partial charge is 0.164 e. The summed E-state index contributed by atoms with van der Waals surface area (Å²) in [5.41, 5.74) is 1.33. The number of nitrogens with zero attached hydrogens (tertiary/aromatic N) is 4. The molecule has 68 valence electrons. The summed E-state index contributed by atoms with van der Waals surface area (Å²) < 4.78 is 13.0. The van der Waals surface area contributed by atoms with E-state index in [4.69, 9.17) is 0 Å². The molecule has 0 radical (unpaired) electrons. The van der Waals surface area contributed by atoms with E-state index in [1.54, 1.807) is 17.2 Å². The molecule has 13 heavy (non-hydrogen) atoms. The summed E-state index contributed by atoms with van der Waals surface area (Å²) in [5, 5.41) is 0.491. The number of hydrogen-bond donors (Lipinski definition) is 0. The second-order valence-corrected chi connectivity index (χ2v) is 3.96. The standard InChI is InChI=1S/C7H8N4OS/c1-11-4-10-5-6(11)8-3-9-7(5)13(2)12/h3-4H,1-2H3. The van der Waals surface area contributed by atoms with Crippen LogP contribution in [-0.2, 0) is 17.8 Å². The number of rotatable bonds is 1. The lowest BCUT2D eigenvalue weighted by atomic mass is 10.5. The van der Waals surface area contributed by atoms with Crippen LogP contribution in [0.3, 0.4) is 0 Å². The maximum Gasteiger partial charge on any atom is 0.164 e. The van der Waals surface area contributed by atoms with Crippen molar-refractivity contribution >= 4 is 22.0 Å². The zero-order valence-electron chi connectivity index (χ0n) is 7.26. The molecule has 0 amide bonds. The van der Waals surface area contributed by atoms with Gasteiger partial charge in [0, 0.05) is 13.3 Å². The van der Waals surface area contributed by atoms with Crippen molar-refractivity contribution in [1.82, 2.24) is 19.5 Å². The molecule has 0 aliphatic rings. The second-order valence-electron chi connectivity index (χ2n) is 2.66. The van der Waals surface area contributed by atoms with Crippen LogP contribution in [0, 0.1) is 0 Å². The SMILES string of the molecule is Cn1cnc2c(S(C)=O)ncnc21. The average molecular weight is 196 g/mol. The van der Waals surface area contributed by atoms with Crippen LogP contribution in [0.1, 0.15) is 0 Å². The monoisotopic (exact) mass is 196 g/mol. The summed E-state index contributed by atoms with van der Waals surface area (Å²) >= 11 is 0. The first-order valence-corrected chi connectivity index (χ1v) is 5.21. The van der Waals surface area contributed by atoms with Crippen LogP contribution in [0.2, 0.25) is 0 Å². The van der Waals surface area contributed by atoms with Crippen LogP contribution in [0.25, 0.3) is 11.2 Å². The molecule has 2 rings (SSSR count). The molecule has 2 aromatic rings. The van der Waals surface area contributed by atoms with Crippen LogP contribution >= 0.6 is 0 Å². The van der Waals surface area contributed by atoms with E-state index in [2.05, 4.69) is 15.0 Å². The van der Waals surface area contributed by atoms with Gasteiger partial charge in [-0.3, -0.25) is 4.21 Å². The van der Waals surface area contributed by atoms with Crippen molar-refractivity contribution in [1.29, 1.82) is 0 Å². The van der Waals surface area contributed by atoms with E-state index < -0.39 is 10.8 Å². The molecule has 0 fully saturated rings. The first-order valence-electron chi connectivity index (χ1n) is 3.65. The van der Waals surface area contributed by atoms with Crippen molar-refractivity contribution in [3.8, 4) is 0 Å². The Kier molecular flexibility index (Phi) is 1.84. The number of imidazole rings is 1. The van der Waals surface area contributed by atoms with Crippen molar-refractivity contribution in [2.24, 2.45) is 7.05 Å². The van der Waals surface area contributed by atoms with E-state index in [9.17, 15) is 4.21 Å². The van der Waals surface area contributed by atoms with Crippen LogP contribution in [0.15, 0.2) is 17.7 Å². The summed E-state index contributed by atoms with van der Waals surface area (Å²) in [6, 6.07) is 0. The Balaban J connectivity index is 2.84. The van der Waals surface area contributed by atoms with E-state index in [1.165, 1.54) is 6.33 Å². The fourth-order valence-electron chi connectivity index (χ4n) is 1.13. The molecule has 0 aliphatic carbocycles. The summed E-state index contributed by atoms with van der Waals surface area (Å²) in [6.07, 6.45) is 4.62. The van der Waals surface area contributed by atoms with Gasteiger partial charge in [0.1, 0.15) is 11.8 Å². The molecule has 0 spiro atoms. The number of fused-ring (bicyclic) bond motifs is 1. The van der Waals surface area contributed by atoms with Crippen LogP contribution < -0.4 is 0 Å². The van der Waals surface area contributed by atoms with Gasteiger partial charge in [0.25, 0.3) is 0 Å². The lowest BCUT2D eigenvalue weighted by Crippen LogP contribution is -1.96. The fourth-order valence-corrected chi connectivity index (χ4v) is 1.75. The van der Waals surface area contributed by atoms with Crippen molar-refractivity contribution < 1.29 is 4.21 Å². The Morgan fingerprint density at radius 3 is 2.85 bits per heavy atom. The lowest BCUT2D eigenvalue weighted by Gasteiger charge is -1.96. The van der Waals surface area contributed by atoms with Gasteiger partial charge in [0.15, 0.2) is 10.7 Å². The van der Waals surface area contributed by atoms with E-state index in [0.717, 1.165) is 0 Å². The third kappa shape index (κ3) is 1.23. The minimum absolute atomic E-state index is 0.491. The predicted molar refractivity (Wildman–Crippen MR) is 48.6 cm³/mol. The molecule has 0 saturated heterocycles. The maximum atomic E-state index is 11.2. The molecule has 0 N–H and O–H groups in total. The lowest BCUT2D eigenvalue weighted by molar-refractivity contribution is 0.684. The normalized spacial score (nSPS) is 13.4. The molecule has 2 heterocycles. The highest BCUT2D eigenvalue weighted by molar-refractivity contribution is 7.84. The minimum Gasteiger partial charge on any atom is -0.318 e. The molecule has 1 atom stereocenters. The van der Waals surface area contributed by atoms with Gasteiger partial charge in [0.05, 0.1) is 17.1 Å². The third-order valence-electron chi connectivity index (χ3n) is 1.74. The van der Waals surface area contributed by atoms with E-state index in [0.29, 0.717) is 16.2 Å². The third-order valence-corrected chi connectivity index (χ3v) is 2.58. The number of aryl methyl sites for hydroxylation is 1. The largest absolute Gasteiger partial charge is 0.318 e. The summed E-state index contributed by atoms with van der Waals surface area (Å²) in [7, 11) is 0.721. The molecule has 0 bridgehead atoms. The second kappa shape index (κ2) is 2.88. The summed E-state index contributed by atoms with van der Waals surface area (Å²) in [6.45, 7) is 0. The van der Waals surface area contributed by atoms with Gasteiger partial charge in [-0.1, -0.05) is 0 Å². The van der Waals surface area contributed by atoms with Crippen LogP contribution in [0.5, 0.6) is 0 Å². The highest BCUT2D eigenvalue weighted by Crippen LogP contribution is 2.13. The van der Waals surface area contributed by atoms with E-state index >= 15 is 0 Å². The maximum absolute atomic E-state index is 11.2. The summed E-state index contributed by atoms with van der Waals surface area (Å²) in [4.78, 5) is 12.1. The zero-order chi connectivity index (χ0) is 9.42. The van der Waals surface area contributed by atoms with Crippen molar-refractivity contribution in [3.05, 3.63) is 12.7 Å². The van der Waals surface area contributed by atoms with Crippen LogP contribution in [0.4, 0.5) is 0 Å². The topological polar surface area (TPSA) is 60.7 Å². The van der Waals surface area contributed by atoms with Gasteiger partial charge in [-0.2, -0.15) is 0 Å². The van der Waals surface area contributed by atoms with Gasteiger partial charge in [-0.25, -0.2) is 15.0 Å². The molecular weight excluding hydrogens is 188 g/mol. The van der Waals surface area contributed by atoms with Gasteiger partial charge in [-0.15, -0.1) is 0 Å². The molecule has 0 aromatic carbocycles. The predicted octanol–water partition coefficient (Wildman–Crippen LogP) is 0.101. The molecule has 5 nitrogen and oxygen atoms in total. The number of aromatic nitrogens is 4. The van der Waals surface area contributed by atoms with E-state index in [1.807, 2.05) is 7.05 Å². The Hall–Kier alpha value is -1.30. The first kappa shape index (κ1) is 8.31. The highest BCUT2D eigenvalue weighted by atomic mass is 32.2. The summed E-state index contributed by atoms with van der Waals surface area (Å²) in [5.74, 6) is 0. The molecule has 6 heteroatoms. The van der Waals surface area contributed by atoms with Crippen LogP contribution in [-0.4, -0.2) is 30.0 Å². The zero-order valence-corrected chi connectivity index (χ0v) is 8.08. The Bertz CT molecular complexity index is 478. The Morgan fingerprint density at radius 1 is 1.38 bits per heavy atom. The Labute approximate surface area is 77.3 Å². The first-order chi connectivity index (χ1) is 6.20. The van der Waals surface area contributed by atoms with Gasteiger partial charge < -0.3 is 4.57 Å². The minimum atomic E-state index is -1.12. The molecular formula is C7H8N4OS. The number of hydrogen-bond acceptors (Lipinski definition) is 4. The van der Waals surface area contributed by atoms with E-state index in [-0.39, 0.29) is 0 Å². The average Bonchev–Trinajstić information content (AvgIpc) is 2.48. The Morgan fingerprint density at radius 2 is 2.15 bits per heavy atom. The molecule has 1 unspecified atom stereocenters. The molecule has 0 saturated carbocycles. The highest BCUT2D eigenvalue weighted by Gasteiger charge is 2.10. The fraction of sp³-hybridized carbons (Fsp3) is 0.286. The molecule has 2 aromatic heterocycles. The van der Waals surface area contributed by atoms with Crippen molar-refractivity contribution in [3.63, 3.8) is 0 Å². The molecule has 0 aliphatic heterocycles. The van der Waals surface area contributed by atoms with Gasteiger partial charge in [0.2, 0.25) is 0 Å². The van der Waals surface area contributed by atoms with Crippen molar-refractivity contribution in [2.45, 2.75) is 5.03 Å². The van der Waals surface area contributed by atoms with Gasteiger partial charge in [-0.05, 0) is 0 Å². The van der Waals surface area contributed by atoms with Gasteiger partial charge >= 0.3 is 0 Å². The van der Waals surface area contributed by atoms with Crippen molar-refractivity contribution in [2.75, 3.05) is 6.26 Å². The quantitative estimate of drug-likeness (QED) is 0.607.